The van der Waals surface area contributed by atoms with Crippen molar-refractivity contribution in [3.8, 4) is 0 Å². The highest BCUT2D eigenvalue weighted by Crippen LogP contribution is 2.32. The molecule has 0 radical (unpaired) electrons. The van der Waals surface area contributed by atoms with E-state index >= 15 is 0 Å². The topological polar surface area (TPSA) is 76.5 Å². The predicted molar refractivity (Wildman–Crippen MR) is 107 cm³/mol. The average Bonchev–Trinajstić information content (AvgIpc) is 3.02. The minimum absolute atomic E-state index is 0.0604. The van der Waals surface area contributed by atoms with Crippen molar-refractivity contribution in [3.05, 3.63) is 82.2 Å². The molecule has 1 atom stereocenters. The van der Waals surface area contributed by atoms with Gasteiger partial charge in [0.25, 0.3) is 5.56 Å². The highest BCUT2D eigenvalue weighted by Gasteiger charge is 2.17. The lowest BCUT2D eigenvalue weighted by Gasteiger charge is -2.11. The van der Waals surface area contributed by atoms with Crippen LogP contribution in [0.1, 0.15) is 29.4 Å². The second-order valence-corrected chi connectivity index (χ2v) is 7.66. The van der Waals surface area contributed by atoms with Crippen molar-refractivity contribution < 1.29 is 0 Å². The number of nitrogens with zero attached hydrogens (tertiary/aromatic N) is 4. The van der Waals surface area contributed by atoms with E-state index in [1.54, 1.807) is 6.07 Å². The van der Waals surface area contributed by atoms with Gasteiger partial charge in [-0.1, -0.05) is 54.2 Å². The van der Waals surface area contributed by atoms with E-state index in [2.05, 4.69) is 32.3 Å². The molecule has 0 aliphatic rings. The van der Waals surface area contributed by atoms with Crippen molar-refractivity contribution in [2.24, 2.45) is 7.05 Å². The molecule has 2 aromatic heterocycles. The Balaban J connectivity index is 1.57. The van der Waals surface area contributed by atoms with Crippen LogP contribution < -0.4 is 5.56 Å². The maximum Gasteiger partial charge on any atom is 0.258 e. The minimum atomic E-state index is -0.120. The van der Waals surface area contributed by atoms with Gasteiger partial charge >= 0.3 is 0 Å². The van der Waals surface area contributed by atoms with Crippen molar-refractivity contribution >= 4 is 22.7 Å². The Morgan fingerprint density at radius 1 is 1.07 bits per heavy atom. The summed E-state index contributed by atoms with van der Waals surface area (Å²) in [4.78, 5) is 19.8. The Kier molecular flexibility index (Phi) is 4.77. The quantitative estimate of drug-likeness (QED) is 0.539. The van der Waals surface area contributed by atoms with Gasteiger partial charge in [0.2, 0.25) is 0 Å². The SMILES string of the molecule is C[C@H](Sc1nnc(Cc2ccccc2)n1C)c1nc2ccccc2c(=O)[nH]1. The Morgan fingerprint density at radius 2 is 1.81 bits per heavy atom. The van der Waals surface area contributed by atoms with Crippen molar-refractivity contribution in [1.82, 2.24) is 24.7 Å². The fourth-order valence-corrected chi connectivity index (χ4v) is 3.78. The normalized spacial score (nSPS) is 12.4. The summed E-state index contributed by atoms with van der Waals surface area (Å²) in [5.41, 5.74) is 1.77. The zero-order valence-corrected chi connectivity index (χ0v) is 15.9. The molecule has 0 aliphatic carbocycles. The first-order chi connectivity index (χ1) is 13.1. The molecule has 0 fully saturated rings. The second kappa shape index (κ2) is 7.36. The number of hydrogen-bond acceptors (Lipinski definition) is 5. The summed E-state index contributed by atoms with van der Waals surface area (Å²) in [6, 6.07) is 17.5. The highest BCUT2D eigenvalue weighted by molar-refractivity contribution is 7.99. The van der Waals surface area contributed by atoms with Gasteiger partial charge in [-0.05, 0) is 24.6 Å². The van der Waals surface area contributed by atoms with Gasteiger partial charge in [0.1, 0.15) is 11.6 Å². The Labute approximate surface area is 160 Å². The van der Waals surface area contributed by atoms with Crippen LogP contribution in [0.2, 0.25) is 0 Å². The second-order valence-electron chi connectivity index (χ2n) is 6.35. The molecule has 4 rings (SSSR count). The summed E-state index contributed by atoms with van der Waals surface area (Å²) >= 11 is 1.53. The van der Waals surface area contributed by atoms with Crippen LogP contribution in [0.4, 0.5) is 0 Å². The van der Waals surface area contributed by atoms with Crippen LogP contribution in [0, 0.1) is 0 Å². The highest BCUT2D eigenvalue weighted by atomic mass is 32.2. The number of H-pyrrole nitrogens is 1. The van der Waals surface area contributed by atoms with E-state index in [-0.39, 0.29) is 10.8 Å². The van der Waals surface area contributed by atoms with E-state index in [0.29, 0.717) is 16.7 Å². The number of rotatable bonds is 5. The summed E-state index contributed by atoms with van der Waals surface area (Å²) < 4.78 is 1.99. The Morgan fingerprint density at radius 3 is 2.63 bits per heavy atom. The first-order valence-corrected chi connectivity index (χ1v) is 9.57. The molecule has 7 heteroatoms. The molecular weight excluding hydrogens is 358 g/mol. The maximum absolute atomic E-state index is 12.3. The Hall–Kier alpha value is -2.93. The molecule has 4 aromatic rings. The number of benzene rings is 2. The van der Waals surface area contributed by atoms with E-state index in [0.717, 1.165) is 17.4 Å². The van der Waals surface area contributed by atoms with Gasteiger partial charge in [-0.3, -0.25) is 4.79 Å². The van der Waals surface area contributed by atoms with E-state index in [1.807, 2.05) is 54.9 Å². The number of para-hydroxylation sites is 1. The first-order valence-electron chi connectivity index (χ1n) is 8.69. The molecule has 136 valence electrons. The van der Waals surface area contributed by atoms with E-state index in [1.165, 1.54) is 17.3 Å². The number of hydrogen-bond donors (Lipinski definition) is 1. The lowest BCUT2D eigenvalue weighted by atomic mass is 10.1. The van der Waals surface area contributed by atoms with Gasteiger partial charge in [-0.2, -0.15) is 0 Å². The first kappa shape index (κ1) is 17.5. The smallest absolute Gasteiger partial charge is 0.258 e. The number of fused-ring (bicyclic) bond motifs is 1. The number of aromatic nitrogens is 5. The summed E-state index contributed by atoms with van der Waals surface area (Å²) in [6.45, 7) is 2.00. The van der Waals surface area contributed by atoms with E-state index in [9.17, 15) is 4.79 Å². The van der Waals surface area contributed by atoms with Gasteiger partial charge in [0.15, 0.2) is 5.16 Å². The van der Waals surface area contributed by atoms with Crippen LogP contribution >= 0.6 is 11.8 Å². The van der Waals surface area contributed by atoms with Gasteiger partial charge in [0.05, 0.1) is 16.2 Å². The largest absolute Gasteiger partial charge is 0.309 e. The lowest BCUT2D eigenvalue weighted by molar-refractivity contribution is 0.745. The molecule has 0 spiro atoms. The number of thioether (sulfide) groups is 1. The molecule has 0 aliphatic heterocycles. The summed E-state index contributed by atoms with van der Waals surface area (Å²) in [5.74, 6) is 1.53. The third-order valence-electron chi connectivity index (χ3n) is 4.43. The van der Waals surface area contributed by atoms with Crippen LogP contribution in [0.3, 0.4) is 0 Å². The van der Waals surface area contributed by atoms with Crippen molar-refractivity contribution in [3.63, 3.8) is 0 Å². The monoisotopic (exact) mass is 377 g/mol. The van der Waals surface area contributed by atoms with Gasteiger partial charge in [-0.15, -0.1) is 10.2 Å². The number of aromatic amines is 1. The van der Waals surface area contributed by atoms with E-state index < -0.39 is 0 Å². The Bertz CT molecular complexity index is 1140. The molecule has 0 bridgehead atoms. The van der Waals surface area contributed by atoms with Crippen molar-refractivity contribution in [1.29, 1.82) is 0 Å². The molecule has 27 heavy (non-hydrogen) atoms. The third kappa shape index (κ3) is 3.64. The maximum atomic E-state index is 12.3. The molecule has 0 unspecified atom stereocenters. The zero-order valence-electron chi connectivity index (χ0n) is 15.1. The molecule has 0 saturated heterocycles. The fourth-order valence-electron chi connectivity index (χ4n) is 2.89. The van der Waals surface area contributed by atoms with Gasteiger partial charge in [-0.25, -0.2) is 4.98 Å². The average molecular weight is 377 g/mol. The molecular formula is C20H19N5OS. The van der Waals surface area contributed by atoms with Gasteiger partial charge < -0.3 is 9.55 Å². The summed E-state index contributed by atoms with van der Waals surface area (Å²) in [6.07, 6.45) is 0.727. The minimum Gasteiger partial charge on any atom is -0.309 e. The van der Waals surface area contributed by atoms with Gasteiger partial charge in [0, 0.05) is 13.5 Å². The molecule has 0 saturated carbocycles. The van der Waals surface area contributed by atoms with Crippen LogP contribution in [0.15, 0.2) is 64.5 Å². The van der Waals surface area contributed by atoms with Crippen molar-refractivity contribution in [2.75, 3.05) is 0 Å². The van der Waals surface area contributed by atoms with Crippen LogP contribution in [0.25, 0.3) is 10.9 Å². The van der Waals surface area contributed by atoms with Crippen LogP contribution in [-0.2, 0) is 13.5 Å². The van der Waals surface area contributed by atoms with Crippen molar-refractivity contribution in [2.45, 2.75) is 23.8 Å². The van der Waals surface area contributed by atoms with E-state index in [4.69, 9.17) is 0 Å². The molecule has 2 heterocycles. The summed E-state index contributed by atoms with van der Waals surface area (Å²) in [5, 5.41) is 9.98. The lowest BCUT2D eigenvalue weighted by Crippen LogP contribution is -2.13. The summed E-state index contributed by atoms with van der Waals surface area (Å²) in [7, 11) is 1.96. The molecule has 0 amide bonds. The number of nitrogens with one attached hydrogen (secondary N) is 1. The predicted octanol–water partition coefficient (Wildman–Crippen LogP) is 3.50. The molecule has 1 N–H and O–H groups in total. The standard InChI is InChI=1S/C20H19N5OS/c1-13(18-21-16-11-7-6-10-15(16)19(26)22-18)27-20-24-23-17(25(20)2)12-14-8-4-3-5-9-14/h3-11,13H,12H2,1-2H3,(H,21,22,26)/t13-/m0/s1. The van der Waals surface area contributed by atoms with Crippen LogP contribution in [-0.4, -0.2) is 24.7 Å². The third-order valence-corrected chi connectivity index (χ3v) is 5.57. The molecule has 2 aromatic carbocycles. The fraction of sp³-hybridized carbons (Fsp3) is 0.200. The molecule has 6 nitrogen and oxygen atoms in total. The van der Waals surface area contributed by atoms with Crippen LogP contribution in [0.5, 0.6) is 0 Å². The zero-order chi connectivity index (χ0) is 18.8.